The van der Waals surface area contributed by atoms with Crippen LogP contribution in [-0.2, 0) is 46.5 Å². The van der Waals surface area contributed by atoms with Gasteiger partial charge in [-0.3, -0.25) is 4.79 Å². The van der Waals surface area contributed by atoms with Gasteiger partial charge in [-0.25, -0.2) is 8.42 Å². The van der Waals surface area contributed by atoms with Crippen LogP contribution in [0.4, 0.5) is 0 Å². The Morgan fingerprint density at radius 3 is 1.69 bits per heavy atom. The van der Waals surface area contributed by atoms with Gasteiger partial charge in [-0.15, -0.1) is 0 Å². The molecule has 2 N–H and O–H groups in total. The summed E-state index contributed by atoms with van der Waals surface area (Å²) in [5.41, 5.74) is 10.6. The van der Waals surface area contributed by atoms with E-state index in [1.165, 1.54) is 9.87 Å². The van der Waals surface area contributed by atoms with Crippen LogP contribution in [-0.4, -0.2) is 60.8 Å². The topological polar surface area (TPSA) is 92.9 Å². The molecule has 272 valence electrons. The molecule has 1 saturated heterocycles. The maximum Gasteiger partial charge on any atom is 0.241 e. The van der Waals surface area contributed by atoms with Crippen molar-refractivity contribution in [2.75, 3.05) is 20.7 Å². The number of rotatable bonds is 14. The number of sulfonamides is 1. The number of carbonyl (C=O) groups is 1. The van der Waals surface area contributed by atoms with Crippen LogP contribution in [0.15, 0.2) is 146 Å². The maximum absolute atomic E-state index is 14.7. The average Bonchev–Trinajstić information content (AvgIpc) is 3.64. The summed E-state index contributed by atoms with van der Waals surface area (Å²) >= 11 is 1.71. The molecule has 1 amide bonds. The van der Waals surface area contributed by atoms with Crippen LogP contribution in [0.2, 0.25) is 0 Å². The van der Waals surface area contributed by atoms with E-state index in [1.807, 2.05) is 146 Å². The van der Waals surface area contributed by atoms with Gasteiger partial charge in [0.1, 0.15) is 11.8 Å². The first-order valence-electron chi connectivity index (χ1n) is 17.6. The van der Waals surface area contributed by atoms with Crippen molar-refractivity contribution in [1.29, 1.82) is 0 Å². The normalized spacial score (nSPS) is 15.8. The number of amides is 1. The predicted molar refractivity (Wildman–Crippen MR) is 213 cm³/mol. The Morgan fingerprint density at radius 2 is 1.23 bits per heavy atom. The molecule has 0 saturated carbocycles. The van der Waals surface area contributed by atoms with Crippen molar-refractivity contribution in [1.82, 2.24) is 9.21 Å². The van der Waals surface area contributed by atoms with Gasteiger partial charge >= 0.3 is 0 Å². The number of likely N-dealkylation sites (N-methyl/N-ethyl adjacent to an activating group) is 1. The summed E-state index contributed by atoms with van der Waals surface area (Å²) in [6, 6.07) is 46.5. The van der Waals surface area contributed by atoms with Crippen molar-refractivity contribution in [2.45, 2.75) is 54.6 Å². The van der Waals surface area contributed by atoms with Crippen molar-refractivity contribution >= 4 is 27.7 Å². The minimum atomic E-state index is -3.87. The Labute approximate surface area is 313 Å². The summed E-state index contributed by atoms with van der Waals surface area (Å²) in [5.74, 6) is 1.36. The molecule has 1 aliphatic rings. The van der Waals surface area contributed by atoms with Gasteiger partial charge in [0, 0.05) is 37.7 Å². The van der Waals surface area contributed by atoms with E-state index in [2.05, 4.69) is 0 Å². The molecular weight excluding hydrogens is 687 g/mol. The van der Waals surface area contributed by atoms with Gasteiger partial charge < -0.3 is 15.4 Å². The van der Waals surface area contributed by atoms with E-state index in [0.29, 0.717) is 38.9 Å². The zero-order chi connectivity index (χ0) is 36.8. The zero-order valence-electron chi connectivity index (χ0n) is 30.0. The van der Waals surface area contributed by atoms with Gasteiger partial charge in [-0.2, -0.15) is 16.1 Å². The molecule has 0 radical (unpaired) electrons. The van der Waals surface area contributed by atoms with Crippen LogP contribution in [0.25, 0.3) is 0 Å². The lowest BCUT2D eigenvalue weighted by Crippen LogP contribution is -2.50. The van der Waals surface area contributed by atoms with E-state index in [9.17, 15) is 13.2 Å². The van der Waals surface area contributed by atoms with Crippen molar-refractivity contribution in [3.8, 4) is 5.75 Å². The number of thioether (sulfide) groups is 1. The second-order valence-corrected chi connectivity index (χ2v) is 16.5. The Morgan fingerprint density at radius 1 is 0.750 bits per heavy atom. The average molecular weight is 736 g/mol. The quantitative estimate of drug-likeness (QED) is 0.128. The van der Waals surface area contributed by atoms with Gasteiger partial charge in [-0.1, -0.05) is 133 Å². The molecule has 5 aromatic rings. The second kappa shape index (κ2) is 19.4. The summed E-state index contributed by atoms with van der Waals surface area (Å²) in [6.45, 7) is 1.37. The number of benzene rings is 5. The fraction of sp³-hybridized carbons (Fsp3) is 0.279. The molecule has 0 bridgehead atoms. The summed E-state index contributed by atoms with van der Waals surface area (Å²) in [4.78, 5) is 15.7. The van der Waals surface area contributed by atoms with Gasteiger partial charge in [-0.05, 0) is 59.2 Å². The number of nitrogens with two attached hydrogens (primary N) is 1. The third kappa shape index (κ3) is 11.0. The van der Waals surface area contributed by atoms with Crippen molar-refractivity contribution in [3.63, 3.8) is 0 Å². The van der Waals surface area contributed by atoms with E-state index in [-0.39, 0.29) is 11.2 Å². The van der Waals surface area contributed by atoms with Gasteiger partial charge in [0.25, 0.3) is 0 Å². The first kappa shape index (κ1) is 38.8. The van der Waals surface area contributed by atoms with Crippen LogP contribution in [0, 0.1) is 0 Å². The lowest BCUT2D eigenvalue weighted by atomic mass is 10.0. The number of hydrogen-bond acceptors (Lipinski definition) is 6. The first-order chi connectivity index (χ1) is 25.3. The summed E-state index contributed by atoms with van der Waals surface area (Å²) in [5, 5.41) is -0.715. The Kier molecular flexibility index (Phi) is 14.5. The Hall–Kier alpha value is -4.41. The molecule has 9 heteroatoms. The molecule has 1 heterocycles. The minimum Gasteiger partial charge on any atom is -0.497 e. The molecule has 0 aliphatic carbocycles. The Bertz CT molecular complexity index is 1860. The van der Waals surface area contributed by atoms with Crippen molar-refractivity contribution < 1.29 is 17.9 Å². The molecule has 5 aromatic carbocycles. The fourth-order valence-corrected chi connectivity index (χ4v) is 9.77. The third-order valence-corrected chi connectivity index (χ3v) is 12.8. The van der Waals surface area contributed by atoms with Crippen LogP contribution in [0.1, 0.15) is 34.2 Å². The van der Waals surface area contributed by atoms with Gasteiger partial charge in [0.2, 0.25) is 15.9 Å². The molecule has 52 heavy (non-hydrogen) atoms. The lowest BCUT2D eigenvalue weighted by molar-refractivity contribution is -0.133. The van der Waals surface area contributed by atoms with E-state index in [1.54, 1.807) is 30.8 Å². The highest BCUT2D eigenvalue weighted by molar-refractivity contribution is 7.99. The van der Waals surface area contributed by atoms with Crippen LogP contribution < -0.4 is 10.5 Å². The highest BCUT2D eigenvalue weighted by Crippen LogP contribution is 2.35. The van der Waals surface area contributed by atoms with Crippen LogP contribution in [0.5, 0.6) is 5.75 Å². The van der Waals surface area contributed by atoms with Gasteiger partial charge in [0.05, 0.1) is 12.4 Å². The van der Waals surface area contributed by atoms with Crippen molar-refractivity contribution in [2.24, 2.45) is 5.73 Å². The largest absolute Gasteiger partial charge is 0.497 e. The second-order valence-electron chi connectivity index (χ2n) is 13.0. The van der Waals surface area contributed by atoms with E-state index in [0.717, 1.165) is 33.8 Å². The summed E-state index contributed by atoms with van der Waals surface area (Å²) in [7, 11) is -0.454. The molecule has 2 atom stereocenters. The standard InChI is InChI=1S/C36H40N2O4S2.C7H9N/c1-37(25-30-16-10-5-11-17-30)36(39)35-24-33(43-27-31-18-20-32(42-2)21-19-31)26-38(35)44(40,41)34(22-28-12-6-3-7-13-28)23-29-14-8-4-9-15-29;8-6-7-4-2-1-3-5-7/h3-21,33-35H,22-27H2,1-2H3;1-5H,6,8H2/t33-,35+;/m1./s1. The highest BCUT2D eigenvalue weighted by atomic mass is 32.2. The third-order valence-electron chi connectivity index (χ3n) is 9.22. The smallest absolute Gasteiger partial charge is 0.241 e. The first-order valence-corrected chi connectivity index (χ1v) is 20.2. The zero-order valence-corrected chi connectivity index (χ0v) is 31.6. The minimum absolute atomic E-state index is 0.0138. The Balaban J connectivity index is 0.000000577. The van der Waals surface area contributed by atoms with Crippen LogP contribution in [0.3, 0.4) is 0 Å². The number of nitrogens with zero attached hydrogens (tertiary/aromatic N) is 2. The highest BCUT2D eigenvalue weighted by Gasteiger charge is 2.47. The lowest BCUT2D eigenvalue weighted by Gasteiger charge is -2.31. The molecular formula is C43H49N3O4S2. The number of ether oxygens (including phenoxy) is 1. The summed E-state index contributed by atoms with van der Waals surface area (Å²) in [6.07, 6.45) is 1.22. The van der Waals surface area contributed by atoms with E-state index < -0.39 is 21.3 Å². The number of methoxy groups -OCH3 is 1. The predicted octanol–water partition coefficient (Wildman–Crippen LogP) is 7.36. The molecule has 7 nitrogen and oxygen atoms in total. The number of hydrogen-bond donors (Lipinski definition) is 1. The molecule has 1 fully saturated rings. The maximum atomic E-state index is 14.7. The fourth-order valence-electron chi connectivity index (χ4n) is 6.36. The van der Waals surface area contributed by atoms with Gasteiger partial charge in [0.15, 0.2) is 0 Å². The summed E-state index contributed by atoms with van der Waals surface area (Å²) < 4.78 is 36.1. The van der Waals surface area contributed by atoms with Crippen LogP contribution >= 0.6 is 11.8 Å². The van der Waals surface area contributed by atoms with Crippen molar-refractivity contribution in [3.05, 3.63) is 173 Å². The van der Waals surface area contributed by atoms with E-state index >= 15 is 0 Å². The molecule has 6 rings (SSSR count). The SMILES string of the molecule is COc1ccc(CS[C@@H]2C[C@@H](C(=O)N(C)Cc3ccccc3)N(S(=O)(=O)C(Cc3ccccc3)Cc3ccccc3)C2)cc1.NCc1ccccc1. The number of carbonyl (C=O) groups excluding carboxylic acids is 1. The molecule has 0 aromatic heterocycles. The molecule has 0 spiro atoms. The molecule has 0 unspecified atom stereocenters. The monoisotopic (exact) mass is 735 g/mol. The molecule has 1 aliphatic heterocycles. The van der Waals surface area contributed by atoms with E-state index in [4.69, 9.17) is 10.5 Å².